The van der Waals surface area contributed by atoms with Gasteiger partial charge < -0.3 is 4.90 Å². The van der Waals surface area contributed by atoms with E-state index in [9.17, 15) is 14.4 Å². The van der Waals surface area contributed by atoms with Gasteiger partial charge in [-0.2, -0.15) is 0 Å². The highest BCUT2D eigenvalue weighted by Crippen LogP contribution is 2.32. The largest absolute Gasteiger partial charge is 0.328 e. The standard InChI is InChI=1S/C19H25N3O2.C9H9BrN2O/c1-20-16-8-7-14(10-17(16)21(2)19(20)24)18(23)15-4-3-9-22(12-15)11-13-5-6-13;1-11-7-4-3-6(10)5-8(7)12(2)9(11)13/h7-8,10,13,15H,3-6,9,11-12H2,1-2H3;3-5H,1-2H3. The molecule has 6 rings (SSSR count). The number of ketones is 1. The normalized spacial score (nSPS) is 18.2. The number of rotatable bonds is 4. The quantitative estimate of drug-likeness (QED) is 0.351. The first-order valence-corrected chi connectivity index (χ1v) is 13.7. The molecule has 0 radical (unpaired) electrons. The fourth-order valence-corrected chi connectivity index (χ4v) is 5.83. The van der Waals surface area contributed by atoms with Crippen molar-refractivity contribution in [3.8, 4) is 0 Å². The molecule has 9 heteroatoms. The fourth-order valence-electron chi connectivity index (χ4n) is 5.48. The molecule has 2 aliphatic rings. The number of carbonyl (C=O) groups excluding carboxylic acids is 1. The van der Waals surface area contributed by atoms with E-state index in [1.165, 1.54) is 12.8 Å². The van der Waals surface area contributed by atoms with Crippen molar-refractivity contribution in [1.29, 1.82) is 0 Å². The number of benzene rings is 2. The number of likely N-dealkylation sites (tertiary alicyclic amines) is 1. The third-order valence-corrected chi connectivity index (χ3v) is 8.37. The van der Waals surface area contributed by atoms with Crippen molar-refractivity contribution in [2.75, 3.05) is 19.6 Å². The molecule has 2 aromatic carbocycles. The van der Waals surface area contributed by atoms with Gasteiger partial charge in [0, 0.05) is 57.2 Å². The van der Waals surface area contributed by atoms with Crippen LogP contribution in [0.5, 0.6) is 0 Å². The van der Waals surface area contributed by atoms with Gasteiger partial charge in [-0.1, -0.05) is 15.9 Å². The van der Waals surface area contributed by atoms with E-state index in [0.717, 1.165) is 70.5 Å². The van der Waals surface area contributed by atoms with Gasteiger partial charge in [-0.25, -0.2) is 9.59 Å². The van der Waals surface area contributed by atoms with Gasteiger partial charge in [0.05, 0.1) is 22.1 Å². The first-order valence-electron chi connectivity index (χ1n) is 12.9. The third-order valence-electron chi connectivity index (χ3n) is 7.88. The Morgan fingerprint density at radius 3 is 2.00 bits per heavy atom. The number of hydrogen-bond acceptors (Lipinski definition) is 4. The molecule has 1 saturated carbocycles. The smallest absolute Gasteiger partial charge is 0.302 e. The lowest BCUT2D eigenvalue weighted by atomic mass is 9.89. The Bertz CT molecular complexity index is 1600. The molecule has 1 atom stereocenters. The molecule has 196 valence electrons. The van der Waals surface area contributed by atoms with Crippen LogP contribution in [-0.2, 0) is 28.2 Å². The monoisotopic (exact) mass is 567 g/mol. The number of carbonyl (C=O) groups is 1. The van der Waals surface area contributed by atoms with Crippen LogP contribution in [0.1, 0.15) is 36.0 Å². The maximum atomic E-state index is 13.0. The van der Waals surface area contributed by atoms with Gasteiger partial charge in [-0.05, 0) is 74.5 Å². The van der Waals surface area contributed by atoms with Crippen LogP contribution in [0, 0.1) is 11.8 Å². The number of nitrogens with zero attached hydrogens (tertiary/aromatic N) is 5. The summed E-state index contributed by atoms with van der Waals surface area (Å²) in [7, 11) is 7.08. The van der Waals surface area contributed by atoms with E-state index >= 15 is 0 Å². The molecule has 37 heavy (non-hydrogen) atoms. The molecule has 8 nitrogen and oxygen atoms in total. The molecular weight excluding hydrogens is 534 g/mol. The van der Waals surface area contributed by atoms with Gasteiger partial charge in [0.15, 0.2) is 5.78 Å². The van der Waals surface area contributed by atoms with Crippen LogP contribution >= 0.6 is 15.9 Å². The van der Waals surface area contributed by atoms with Crippen LogP contribution in [0.2, 0.25) is 0 Å². The predicted molar refractivity (Wildman–Crippen MR) is 150 cm³/mol. The highest BCUT2D eigenvalue weighted by Gasteiger charge is 2.30. The molecule has 0 spiro atoms. The SMILES string of the molecule is Cn1c(=O)n(C)c2cc(Br)ccc21.Cn1c(=O)n(C)c2cc(C(=O)C3CCCN(CC4CC4)C3)ccc21. The Labute approximate surface area is 224 Å². The zero-order valence-corrected chi connectivity index (χ0v) is 23.5. The van der Waals surface area contributed by atoms with Gasteiger partial charge in [0.1, 0.15) is 0 Å². The Morgan fingerprint density at radius 2 is 1.38 bits per heavy atom. The third kappa shape index (κ3) is 4.99. The van der Waals surface area contributed by atoms with E-state index in [1.807, 2.05) is 36.4 Å². The minimum Gasteiger partial charge on any atom is -0.302 e. The Balaban J connectivity index is 0.000000182. The molecule has 1 unspecified atom stereocenters. The van der Waals surface area contributed by atoms with E-state index in [2.05, 4.69) is 20.8 Å². The van der Waals surface area contributed by atoms with E-state index in [4.69, 9.17) is 0 Å². The van der Waals surface area contributed by atoms with Crippen molar-refractivity contribution in [1.82, 2.24) is 23.2 Å². The molecular formula is C28H34BrN5O3. The first-order chi connectivity index (χ1) is 17.7. The zero-order valence-electron chi connectivity index (χ0n) is 21.9. The second-order valence-electron chi connectivity index (χ2n) is 10.5. The van der Waals surface area contributed by atoms with Gasteiger partial charge in [0.2, 0.25) is 0 Å². The van der Waals surface area contributed by atoms with E-state index < -0.39 is 0 Å². The van der Waals surface area contributed by atoms with Gasteiger partial charge in [-0.3, -0.25) is 23.1 Å². The number of Topliss-reactive ketones (excluding diaryl/α,β-unsaturated/α-hetero) is 1. The van der Waals surface area contributed by atoms with Crippen LogP contribution in [0.4, 0.5) is 0 Å². The van der Waals surface area contributed by atoms with Crippen molar-refractivity contribution < 1.29 is 4.79 Å². The lowest BCUT2D eigenvalue weighted by molar-refractivity contribution is 0.0814. The average Bonchev–Trinajstić information content (AvgIpc) is 3.67. The summed E-state index contributed by atoms with van der Waals surface area (Å²) in [6, 6.07) is 11.5. The Morgan fingerprint density at radius 1 is 0.811 bits per heavy atom. The van der Waals surface area contributed by atoms with Crippen LogP contribution < -0.4 is 11.4 Å². The highest BCUT2D eigenvalue weighted by molar-refractivity contribution is 9.10. The average molecular weight is 569 g/mol. The topological polar surface area (TPSA) is 74.2 Å². The summed E-state index contributed by atoms with van der Waals surface area (Å²) in [5.41, 5.74) is 4.30. The summed E-state index contributed by atoms with van der Waals surface area (Å²) in [6.07, 6.45) is 4.79. The van der Waals surface area contributed by atoms with Crippen molar-refractivity contribution >= 4 is 43.8 Å². The van der Waals surface area contributed by atoms with Crippen molar-refractivity contribution in [2.24, 2.45) is 40.0 Å². The minimum absolute atomic E-state index is 0.00750. The molecule has 0 bridgehead atoms. The maximum absolute atomic E-state index is 13.0. The molecule has 0 amide bonds. The van der Waals surface area contributed by atoms with Crippen molar-refractivity contribution in [2.45, 2.75) is 25.7 Å². The zero-order chi connectivity index (χ0) is 26.4. The Kier molecular flexibility index (Phi) is 7.02. The molecule has 3 heterocycles. The molecule has 1 saturated heterocycles. The van der Waals surface area contributed by atoms with Crippen molar-refractivity contribution in [3.63, 3.8) is 0 Å². The fraction of sp³-hybridized carbons (Fsp3) is 0.464. The van der Waals surface area contributed by atoms with Crippen molar-refractivity contribution in [3.05, 3.63) is 67.4 Å². The van der Waals surface area contributed by atoms with Crippen LogP contribution in [0.15, 0.2) is 50.5 Å². The maximum Gasteiger partial charge on any atom is 0.328 e. The molecule has 1 aliphatic heterocycles. The van der Waals surface area contributed by atoms with Crippen LogP contribution in [0.25, 0.3) is 22.1 Å². The molecule has 4 aromatic rings. The summed E-state index contributed by atoms with van der Waals surface area (Å²) in [5.74, 6) is 1.19. The van der Waals surface area contributed by atoms with Gasteiger partial charge in [0.25, 0.3) is 0 Å². The number of hydrogen-bond donors (Lipinski definition) is 0. The van der Waals surface area contributed by atoms with Gasteiger partial charge in [-0.15, -0.1) is 0 Å². The number of piperidine rings is 1. The minimum atomic E-state index is -0.0529. The highest BCUT2D eigenvalue weighted by atomic mass is 79.9. The van der Waals surface area contributed by atoms with E-state index in [0.29, 0.717) is 0 Å². The number of aromatic nitrogens is 4. The predicted octanol–water partition coefficient (Wildman–Crippen LogP) is 3.82. The van der Waals surface area contributed by atoms with Crippen LogP contribution in [0.3, 0.4) is 0 Å². The molecule has 0 N–H and O–H groups in total. The molecule has 2 fully saturated rings. The summed E-state index contributed by atoms with van der Waals surface area (Å²) in [4.78, 5) is 39.0. The molecule has 1 aliphatic carbocycles. The summed E-state index contributed by atoms with van der Waals surface area (Å²) >= 11 is 3.38. The van der Waals surface area contributed by atoms with E-state index in [1.54, 1.807) is 46.5 Å². The lowest BCUT2D eigenvalue weighted by Crippen LogP contribution is -2.39. The molecule has 2 aromatic heterocycles. The number of imidazole rings is 2. The first kappa shape index (κ1) is 25.7. The van der Waals surface area contributed by atoms with Gasteiger partial charge >= 0.3 is 11.4 Å². The second kappa shape index (κ2) is 10.1. The second-order valence-corrected chi connectivity index (χ2v) is 11.5. The summed E-state index contributed by atoms with van der Waals surface area (Å²) in [5, 5.41) is 0. The number of halogens is 1. The van der Waals surface area contributed by atoms with Crippen LogP contribution in [-0.4, -0.2) is 48.6 Å². The summed E-state index contributed by atoms with van der Waals surface area (Å²) in [6.45, 7) is 3.18. The van der Waals surface area contributed by atoms with E-state index in [-0.39, 0.29) is 23.1 Å². The number of fused-ring (bicyclic) bond motifs is 2. The lowest BCUT2D eigenvalue weighted by Gasteiger charge is -2.32. The summed E-state index contributed by atoms with van der Waals surface area (Å²) < 4.78 is 7.51. The Hall–Kier alpha value is -2.91. The number of aryl methyl sites for hydroxylation is 4.